The molecule has 18 aromatic carbocycles. The first kappa shape index (κ1) is 69.1. The lowest BCUT2D eigenvalue weighted by atomic mass is 9.33. The van der Waals surface area contributed by atoms with Gasteiger partial charge < -0.3 is 14.4 Å². The van der Waals surface area contributed by atoms with Crippen molar-refractivity contribution >= 4 is 165 Å². The fourth-order valence-corrected chi connectivity index (χ4v) is 34.0. The molecule has 0 bridgehead atoms. The highest BCUT2D eigenvalue weighted by molar-refractivity contribution is 7.21. The highest BCUT2D eigenvalue weighted by atomic mass is 28.3. The van der Waals surface area contributed by atoms with E-state index in [-0.39, 0.29) is 6.71 Å². The van der Waals surface area contributed by atoms with Crippen LogP contribution in [-0.2, 0) is 0 Å². The van der Waals surface area contributed by atoms with E-state index >= 15 is 0 Å². The van der Waals surface area contributed by atoms with Gasteiger partial charge >= 0.3 is 0 Å². The first-order chi connectivity index (χ1) is 57.1. The molecule has 1 aromatic heterocycles. The largest absolute Gasteiger partial charge is 0.311 e. The maximum Gasteiger partial charge on any atom is 0.252 e. The minimum atomic E-state index is -3.22. The highest BCUT2D eigenvalue weighted by Crippen LogP contribution is 2.47. The lowest BCUT2D eigenvalue weighted by Crippen LogP contribution is -2.75. The van der Waals surface area contributed by atoms with Gasteiger partial charge in [-0.15, -0.1) is 0 Å². The standard InChI is InChI=1S/C108H78BN3Si3/c1-11-37-79(38-12-1)81-39-35-40-84(73-81)111-104-77-96(114(89-48-19-5-20-49-89,90-50-21-6-22-51-90)91-52-23-7-24-53-91)69-71-100(104)109-101-72-70-97(115(92-54-25-8-26-55-92,93-56-27-9-28-57-93)94-58-29-10-30-59-94)78-105(101)112(85-41-36-60-95(76-85)113(86-42-13-2-14-43-86,87-44-15-3-16-45-87)88-46-17-4-18-47-88)107-75-82(74-106(111)108(107)109)80-65-67-83(68-66-80)110-102-63-33-31-61-98(102)99-62-32-34-64-103(99)110/h1-78H. The summed E-state index contributed by atoms with van der Waals surface area (Å²) in [5.74, 6) is 0. The van der Waals surface area contributed by atoms with Crippen LogP contribution >= 0.6 is 0 Å². The topological polar surface area (TPSA) is 11.4 Å². The van der Waals surface area contributed by atoms with Crippen LogP contribution in [0.15, 0.2) is 473 Å². The first-order valence-electron chi connectivity index (χ1n) is 40.0. The third-order valence-corrected chi connectivity index (χ3v) is 38.9. The zero-order valence-corrected chi connectivity index (χ0v) is 66.5. The number of benzene rings is 18. The molecule has 0 saturated heterocycles. The van der Waals surface area contributed by atoms with Crippen molar-refractivity contribution in [1.29, 1.82) is 0 Å². The summed E-state index contributed by atoms with van der Waals surface area (Å²) in [4.78, 5) is 5.38. The van der Waals surface area contributed by atoms with Crippen LogP contribution in [0.3, 0.4) is 0 Å². The minimum Gasteiger partial charge on any atom is -0.311 e. The van der Waals surface area contributed by atoms with Crippen LogP contribution in [0.1, 0.15) is 0 Å². The molecule has 115 heavy (non-hydrogen) atoms. The molecular formula is C108H78BN3Si3. The number of aromatic nitrogens is 1. The van der Waals surface area contributed by atoms with E-state index in [9.17, 15) is 0 Å². The van der Waals surface area contributed by atoms with Crippen LogP contribution in [-0.4, -0.2) is 35.5 Å². The van der Waals surface area contributed by atoms with E-state index < -0.39 is 24.2 Å². The summed E-state index contributed by atoms with van der Waals surface area (Å²) in [7, 11) is -9.55. The molecule has 0 saturated carbocycles. The van der Waals surface area contributed by atoms with E-state index in [2.05, 4.69) is 488 Å². The summed E-state index contributed by atoms with van der Waals surface area (Å²) in [6.45, 7) is -0.258. The molecule has 0 atom stereocenters. The van der Waals surface area contributed by atoms with Gasteiger partial charge in [0, 0.05) is 50.6 Å². The quantitative estimate of drug-likeness (QED) is 0.0665. The predicted molar refractivity (Wildman–Crippen MR) is 497 cm³/mol. The van der Waals surface area contributed by atoms with Crippen LogP contribution in [0.4, 0.5) is 34.1 Å². The van der Waals surface area contributed by atoms with Gasteiger partial charge in [-0.1, -0.05) is 400 Å². The van der Waals surface area contributed by atoms with E-state index in [4.69, 9.17) is 0 Å². The number of para-hydroxylation sites is 2. The second kappa shape index (κ2) is 29.0. The normalized spacial score (nSPS) is 12.5. The van der Waals surface area contributed by atoms with Gasteiger partial charge in [0.2, 0.25) is 0 Å². The van der Waals surface area contributed by atoms with Crippen molar-refractivity contribution in [2.75, 3.05) is 9.80 Å². The van der Waals surface area contributed by atoms with Gasteiger partial charge in [0.05, 0.1) is 11.0 Å². The Hall–Kier alpha value is -13.9. The fraction of sp³-hybridized carbons (Fsp3) is 0. The molecule has 21 rings (SSSR count). The molecule has 0 spiro atoms. The molecule has 0 radical (unpaired) electrons. The van der Waals surface area contributed by atoms with Crippen molar-refractivity contribution < 1.29 is 0 Å². The van der Waals surface area contributed by atoms with Crippen LogP contribution in [0.25, 0.3) is 49.7 Å². The summed E-state index contributed by atoms with van der Waals surface area (Å²) >= 11 is 0. The Kier molecular flexibility index (Phi) is 17.4. The molecule has 2 aliphatic heterocycles. The fourth-order valence-electron chi connectivity index (χ4n) is 19.7. The van der Waals surface area contributed by atoms with Crippen molar-refractivity contribution in [2.45, 2.75) is 0 Å². The van der Waals surface area contributed by atoms with Crippen LogP contribution in [0, 0.1) is 0 Å². The Morgan fingerprint density at radius 1 is 0.174 bits per heavy atom. The number of fused-ring (bicyclic) bond motifs is 7. The average Bonchev–Trinajstić information content (AvgIpc) is 1.30. The van der Waals surface area contributed by atoms with Crippen LogP contribution in [0.5, 0.6) is 0 Å². The summed E-state index contributed by atoms with van der Waals surface area (Å²) < 4.78 is 2.44. The highest BCUT2D eigenvalue weighted by Gasteiger charge is 2.50. The smallest absolute Gasteiger partial charge is 0.252 e. The van der Waals surface area contributed by atoms with Gasteiger partial charge in [0.1, 0.15) is 0 Å². The van der Waals surface area contributed by atoms with Crippen molar-refractivity contribution in [3.8, 4) is 27.9 Å². The van der Waals surface area contributed by atoms with E-state index in [1.54, 1.807) is 0 Å². The SMILES string of the molecule is c1ccc(-c2cccc(N3c4cc([Si](c5ccccc5)(c5ccccc5)c5ccccc5)ccc4B4c5ccc([Si](c6ccccc6)(c6ccccc6)c6ccccc6)cc5N(c5cccc([Si](c6ccccc6)(c6ccccc6)c6ccccc6)c5)c5cc(-c6ccc(-n7c8ccccc8c8ccccc87)cc6)cc3c54)c2)cc1. The molecule has 0 unspecified atom stereocenters. The van der Waals surface area contributed by atoms with Crippen molar-refractivity contribution in [2.24, 2.45) is 0 Å². The zero-order chi connectivity index (χ0) is 76.3. The number of hydrogen-bond donors (Lipinski definition) is 0. The molecule has 540 valence electrons. The lowest BCUT2D eigenvalue weighted by Gasteiger charge is -2.46. The molecule has 7 heteroatoms. The lowest BCUT2D eigenvalue weighted by molar-refractivity contribution is 1.18. The summed E-state index contributed by atoms with van der Waals surface area (Å²) in [6, 6.07) is 181. The zero-order valence-electron chi connectivity index (χ0n) is 63.5. The average molecular weight is 1510 g/mol. The molecular weight excluding hydrogens is 1430 g/mol. The summed E-state index contributed by atoms with van der Waals surface area (Å²) in [5.41, 5.74) is 18.5. The minimum absolute atomic E-state index is 0.258. The maximum absolute atomic E-state index is 3.22. The van der Waals surface area contributed by atoms with Crippen molar-refractivity contribution in [1.82, 2.24) is 4.57 Å². The number of hydrogen-bond acceptors (Lipinski definition) is 2. The Morgan fingerprint density at radius 3 is 0.826 bits per heavy atom. The molecule has 0 amide bonds. The van der Waals surface area contributed by atoms with Gasteiger partial charge in [0.25, 0.3) is 6.71 Å². The number of rotatable bonds is 17. The summed E-state index contributed by atoms with van der Waals surface area (Å²) in [6.07, 6.45) is 0. The Labute approximate surface area is 676 Å². The third-order valence-electron chi connectivity index (χ3n) is 24.6. The molecule has 2 aliphatic rings. The van der Waals surface area contributed by atoms with Gasteiger partial charge in [-0.25, -0.2) is 0 Å². The van der Waals surface area contributed by atoms with E-state index in [1.165, 1.54) is 100 Å². The van der Waals surface area contributed by atoms with Gasteiger partial charge in [0.15, 0.2) is 24.2 Å². The van der Waals surface area contributed by atoms with E-state index in [0.29, 0.717) is 0 Å². The van der Waals surface area contributed by atoms with Gasteiger partial charge in [-0.2, -0.15) is 0 Å². The monoisotopic (exact) mass is 1510 g/mol. The Morgan fingerprint density at radius 2 is 0.461 bits per heavy atom. The number of anilines is 6. The van der Waals surface area contributed by atoms with Crippen LogP contribution in [0.2, 0.25) is 0 Å². The van der Waals surface area contributed by atoms with Crippen molar-refractivity contribution in [3.63, 3.8) is 0 Å². The molecule has 0 N–H and O–H groups in total. The molecule has 0 fully saturated rings. The Bertz CT molecular complexity index is 6420. The Balaban J connectivity index is 0.905. The molecule has 19 aromatic rings. The summed E-state index contributed by atoms with van der Waals surface area (Å²) in [5, 5.41) is 18.3. The number of nitrogens with zero attached hydrogens (tertiary/aromatic N) is 3. The second-order valence-electron chi connectivity index (χ2n) is 30.5. The maximum atomic E-state index is 2.71. The molecule has 0 aliphatic carbocycles. The second-order valence-corrected chi connectivity index (χ2v) is 41.9. The predicted octanol–water partition coefficient (Wildman–Crippen LogP) is 16.3. The third kappa shape index (κ3) is 11.3. The van der Waals surface area contributed by atoms with Gasteiger partial charge in [-0.05, 0) is 174 Å². The van der Waals surface area contributed by atoms with E-state index in [0.717, 1.165) is 62.1 Å². The van der Waals surface area contributed by atoms with E-state index in [1.807, 2.05) is 0 Å². The van der Waals surface area contributed by atoms with Crippen molar-refractivity contribution in [3.05, 3.63) is 473 Å². The molecule has 3 heterocycles. The molecule has 3 nitrogen and oxygen atoms in total. The first-order valence-corrected chi connectivity index (χ1v) is 46.0. The van der Waals surface area contributed by atoms with Gasteiger partial charge in [-0.3, -0.25) is 0 Å². The van der Waals surface area contributed by atoms with Crippen LogP contribution < -0.4 is 88.4 Å².